The van der Waals surface area contributed by atoms with Crippen molar-refractivity contribution in [3.63, 3.8) is 0 Å². The van der Waals surface area contributed by atoms with Gasteiger partial charge in [0.1, 0.15) is 10.00 Å². The highest BCUT2D eigenvalue weighted by atomic mass is 32.1. The third-order valence-electron chi connectivity index (χ3n) is 2.79. The van der Waals surface area contributed by atoms with E-state index in [4.69, 9.17) is 18.0 Å². The molecule has 0 aliphatic heterocycles. The van der Waals surface area contributed by atoms with Crippen LogP contribution >= 0.6 is 23.6 Å². The fourth-order valence-corrected chi connectivity index (χ4v) is 2.61. The smallest absolute Gasteiger partial charge is 0.251 e. The molecule has 0 radical (unpaired) electrons. The number of carbonyl (C=O) groups excluding carboxylic acids is 1. The molecule has 1 atom stereocenters. The van der Waals surface area contributed by atoms with E-state index >= 15 is 0 Å². The predicted octanol–water partition coefficient (Wildman–Crippen LogP) is 2.58. The monoisotopic (exact) mass is 305 g/mol. The van der Waals surface area contributed by atoms with Crippen molar-refractivity contribution in [2.45, 2.75) is 19.9 Å². The van der Waals surface area contributed by atoms with Gasteiger partial charge < -0.3 is 11.1 Å². The van der Waals surface area contributed by atoms with Gasteiger partial charge in [0.15, 0.2) is 0 Å². The molecule has 1 amide bonds. The van der Waals surface area contributed by atoms with Gasteiger partial charge >= 0.3 is 0 Å². The lowest BCUT2D eigenvalue weighted by Gasteiger charge is -2.11. The summed E-state index contributed by atoms with van der Waals surface area (Å²) in [5, 5.41) is 3.82. The molecule has 104 valence electrons. The van der Waals surface area contributed by atoms with E-state index in [0.717, 1.165) is 15.4 Å². The van der Waals surface area contributed by atoms with Gasteiger partial charge in [-0.2, -0.15) is 0 Å². The third kappa shape index (κ3) is 3.40. The van der Waals surface area contributed by atoms with Crippen LogP contribution in [0.1, 0.15) is 38.8 Å². The van der Waals surface area contributed by atoms with Gasteiger partial charge in [0, 0.05) is 22.2 Å². The summed E-state index contributed by atoms with van der Waals surface area (Å²) in [5.74, 6) is -0.139. The Kier molecular flexibility index (Phi) is 4.46. The summed E-state index contributed by atoms with van der Waals surface area (Å²) < 4.78 is 0. The second-order valence-corrected chi connectivity index (χ2v) is 6.15. The number of hydrogen-bond donors (Lipinski definition) is 2. The number of nitrogens with two attached hydrogens (primary N) is 1. The number of nitrogens with zero attached hydrogens (tertiary/aromatic N) is 1. The Labute approximate surface area is 127 Å². The van der Waals surface area contributed by atoms with Crippen LogP contribution in [0.4, 0.5) is 0 Å². The van der Waals surface area contributed by atoms with Crippen LogP contribution in [0.25, 0.3) is 0 Å². The summed E-state index contributed by atoms with van der Waals surface area (Å²) in [6.45, 7) is 3.91. The maximum atomic E-state index is 12.1. The van der Waals surface area contributed by atoms with Crippen LogP contribution in [0, 0.1) is 6.92 Å². The maximum absolute atomic E-state index is 12.1. The molecule has 0 aliphatic carbocycles. The largest absolute Gasteiger partial charge is 0.389 e. The van der Waals surface area contributed by atoms with Crippen molar-refractivity contribution in [2.75, 3.05) is 0 Å². The Bertz CT molecular complexity index is 634. The zero-order chi connectivity index (χ0) is 14.7. The molecule has 2 aromatic rings. The minimum atomic E-state index is -0.139. The molecule has 1 unspecified atom stereocenters. The summed E-state index contributed by atoms with van der Waals surface area (Å²) in [4.78, 5) is 17.8. The van der Waals surface area contributed by atoms with Crippen molar-refractivity contribution in [1.82, 2.24) is 10.3 Å². The molecule has 2 rings (SSSR count). The van der Waals surface area contributed by atoms with Gasteiger partial charge in [0.2, 0.25) is 0 Å². The Hall–Kier alpha value is -1.79. The standard InChI is InChI=1S/C14H15N3OS2/c1-8-7-16-14(20-8)9(2)17-13(18)11-5-3-10(4-6-11)12(15)19/h3-7,9H,1-2H3,(H2,15,19)(H,17,18). The molecular formula is C14H15N3OS2. The molecule has 0 spiro atoms. The third-order valence-corrected chi connectivity index (χ3v) is 4.12. The Morgan fingerprint density at radius 3 is 2.45 bits per heavy atom. The highest BCUT2D eigenvalue weighted by Gasteiger charge is 2.14. The van der Waals surface area contributed by atoms with E-state index in [1.807, 2.05) is 13.8 Å². The number of rotatable bonds is 4. The Morgan fingerprint density at radius 1 is 1.35 bits per heavy atom. The summed E-state index contributed by atoms with van der Waals surface area (Å²) in [6, 6.07) is 6.80. The molecule has 3 N–H and O–H groups in total. The summed E-state index contributed by atoms with van der Waals surface area (Å²) in [7, 11) is 0. The molecule has 4 nitrogen and oxygen atoms in total. The summed E-state index contributed by atoms with van der Waals surface area (Å²) >= 11 is 6.46. The molecule has 6 heteroatoms. The second kappa shape index (κ2) is 6.11. The van der Waals surface area contributed by atoms with Crippen LogP contribution in [-0.4, -0.2) is 15.9 Å². The zero-order valence-electron chi connectivity index (χ0n) is 11.2. The lowest BCUT2D eigenvalue weighted by atomic mass is 10.1. The topological polar surface area (TPSA) is 68.0 Å². The van der Waals surface area contributed by atoms with E-state index in [1.165, 1.54) is 0 Å². The van der Waals surface area contributed by atoms with E-state index in [0.29, 0.717) is 10.6 Å². The number of thiazole rings is 1. The highest BCUT2D eigenvalue weighted by molar-refractivity contribution is 7.80. The van der Waals surface area contributed by atoms with Crippen LogP contribution in [0.3, 0.4) is 0 Å². The average molecular weight is 305 g/mol. The number of aromatic nitrogens is 1. The zero-order valence-corrected chi connectivity index (χ0v) is 12.8. The SMILES string of the molecule is Cc1cnc(C(C)NC(=O)c2ccc(C(N)=S)cc2)s1. The number of aryl methyl sites for hydroxylation is 1. The predicted molar refractivity (Wildman–Crippen MR) is 85.1 cm³/mol. The van der Waals surface area contributed by atoms with Gasteiger partial charge in [-0.15, -0.1) is 11.3 Å². The van der Waals surface area contributed by atoms with Crippen molar-refractivity contribution >= 4 is 34.5 Å². The van der Waals surface area contributed by atoms with Crippen LogP contribution in [0.2, 0.25) is 0 Å². The van der Waals surface area contributed by atoms with Crippen LogP contribution in [0.15, 0.2) is 30.5 Å². The van der Waals surface area contributed by atoms with Crippen LogP contribution in [0.5, 0.6) is 0 Å². The number of benzene rings is 1. The Morgan fingerprint density at radius 2 is 1.95 bits per heavy atom. The number of amides is 1. The summed E-state index contributed by atoms with van der Waals surface area (Å²) in [6.07, 6.45) is 1.81. The molecule has 0 aliphatic rings. The fourth-order valence-electron chi connectivity index (χ4n) is 1.70. The van der Waals surface area contributed by atoms with Crippen LogP contribution in [-0.2, 0) is 0 Å². The van der Waals surface area contributed by atoms with Gasteiger partial charge in [-0.25, -0.2) is 4.98 Å². The number of nitrogens with one attached hydrogen (secondary N) is 1. The van der Waals surface area contributed by atoms with E-state index in [9.17, 15) is 4.79 Å². The van der Waals surface area contributed by atoms with Gasteiger partial charge in [-0.3, -0.25) is 4.79 Å². The Balaban J connectivity index is 2.06. The highest BCUT2D eigenvalue weighted by Crippen LogP contribution is 2.19. The van der Waals surface area contributed by atoms with E-state index < -0.39 is 0 Å². The average Bonchev–Trinajstić information content (AvgIpc) is 2.85. The molecule has 0 bridgehead atoms. The molecule has 20 heavy (non-hydrogen) atoms. The molecule has 0 saturated heterocycles. The van der Waals surface area contributed by atoms with E-state index in [-0.39, 0.29) is 11.9 Å². The van der Waals surface area contributed by atoms with Crippen molar-refractivity contribution < 1.29 is 4.79 Å². The van der Waals surface area contributed by atoms with Gasteiger partial charge in [0.05, 0.1) is 6.04 Å². The minimum absolute atomic E-state index is 0.114. The van der Waals surface area contributed by atoms with Gasteiger partial charge in [-0.1, -0.05) is 24.4 Å². The molecule has 1 aromatic heterocycles. The number of carbonyl (C=O) groups is 1. The van der Waals surface area contributed by atoms with Crippen molar-refractivity contribution in [2.24, 2.45) is 5.73 Å². The summed E-state index contributed by atoms with van der Waals surface area (Å²) in [5.41, 5.74) is 6.85. The van der Waals surface area contributed by atoms with E-state index in [1.54, 1.807) is 41.8 Å². The first-order valence-electron chi connectivity index (χ1n) is 6.10. The van der Waals surface area contributed by atoms with Crippen molar-refractivity contribution in [1.29, 1.82) is 0 Å². The lowest BCUT2D eigenvalue weighted by Crippen LogP contribution is -2.26. The van der Waals surface area contributed by atoms with Crippen molar-refractivity contribution in [3.8, 4) is 0 Å². The van der Waals surface area contributed by atoms with Gasteiger partial charge in [0.25, 0.3) is 5.91 Å². The molecule has 0 saturated carbocycles. The fraction of sp³-hybridized carbons (Fsp3) is 0.214. The maximum Gasteiger partial charge on any atom is 0.251 e. The number of thiocarbonyl (C=S) groups is 1. The molecule has 0 fully saturated rings. The first-order chi connectivity index (χ1) is 9.47. The molecule has 1 heterocycles. The first-order valence-corrected chi connectivity index (χ1v) is 7.33. The minimum Gasteiger partial charge on any atom is -0.389 e. The second-order valence-electron chi connectivity index (χ2n) is 4.45. The van der Waals surface area contributed by atoms with E-state index in [2.05, 4.69) is 10.3 Å². The van der Waals surface area contributed by atoms with Crippen LogP contribution < -0.4 is 11.1 Å². The lowest BCUT2D eigenvalue weighted by molar-refractivity contribution is 0.0940. The molecule has 1 aromatic carbocycles. The van der Waals surface area contributed by atoms with Crippen molar-refractivity contribution in [3.05, 3.63) is 51.5 Å². The normalized spacial score (nSPS) is 11.9. The van der Waals surface area contributed by atoms with Gasteiger partial charge in [-0.05, 0) is 26.0 Å². The first kappa shape index (κ1) is 14.6. The molecular weight excluding hydrogens is 290 g/mol. The number of hydrogen-bond acceptors (Lipinski definition) is 4. The quantitative estimate of drug-likeness (QED) is 0.852.